The number of fused-ring (bicyclic) bond motifs is 1. The molecule has 2 aromatic carbocycles. The quantitative estimate of drug-likeness (QED) is 0.471. The van der Waals surface area contributed by atoms with Crippen LogP contribution in [0.5, 0.6) is 0 Å². The average Bonchev–Trinajstić information content (AvgIpc) is 3.08. The molecule has 31 heavy (non-hydrogen) atoms. The number of hydrogen-bond donors (Lipinski definition) is 0. The molecule has 0 saturated carbocycles. The van der Waals surface area contributed by atoms with Gasteiger partial charge in [0.15, 0.2) is 20.8 Å². The summed E-state index contributed by atoms with van der Waals surface area (Å²) in [6.45, 7) is 0.752. The Labute approximate surface area is 181 Å². The van der Waals surface area contributed by atoms with Crippen LogP contribution in [0.4, 0.5) is 18.3 Å². The number of benzene rings is 2. The molecule has 166 valence electrons. The second-order valence-corrected chi connectivity index (χ2v) is 10.1. The monoisotopic (exact) mass is 471 g/mol. The Morgan fingerprint density at radius 2 is 1.71 bits per heavy atom. The summed E-state index contributed by atoms with van der Waals surface area (Å²) in [5.41, 5.74) is -0.0896. The Bertz CT molecular complexity index is 1200. The molecule has 0 aliphatic carbocycles. The zero-order valence-corrected chi connectivity index (χ0v) is 18.4. The van der Waals surface area contributed by atoms with Crippen LogP contribution < -0.4 is 4.90 Å². The van der Waals surface area contributed by atoms with Crippen molar-refractivity contribution in [2.45, 2.75) is 11.3 Å². The van der Waals surface area contributed by atoms with Crippen molar-refractivity contribution in [1.29, 1.82) is 0 Å². The maximum Gasteiger partial charge on any atom is 0.244 e. The van der Waals surface area contributed by atoms with Gasteiger partial charge in [-0.05, 0) is 57.4 Å². The molecule has 1 amide bonds. The number of rotatable bonds is 8. The number of halogens is 3. The van der Waals surface area contributed by atoms with Gasteiger partial charge in [-0.3, -0.25) is 9.69 Å². The van der Waals surface area contributed by atoms with Crippen molar-refractivity contribution in [3.05, 3.63) is 53.8 Å². The molecule has 0 aliphatic heterocycles. The summed E-state index contributed by atoms with van der Waals surface area (Å²) in [5, 5.41) is 0.0811. The maximum atomic E-state index is 14.1. The van der Waals surface area contributed by atoms with Gasteiger partial charge < -0.3 is 4.90 Å². The molecule has 0 saturated heterocycles. The van der Waals surface area contributed by atoms with E-state index >= 15 is 0 Å². The third kappa shape index (κ3) is 5.60. The van der Waals surface area contributed by atoms with Gasteiger partial charge in [0.1, 0.15) is 22.9 Å². The Morgan fingerprint density at radius 1 is 1.03 bits per heavy atom. The Balaban J connectivity index is 1.92. The summed E-state index contributed by atoms with van der Waals surface area (Å²) in [6, 6.07) is 5.98. The van der Waals surface area contributed by atoms with Crippen molar-refractivity contribution in [3.8, 4) is 0 Å². The summed E-state index contributed by atoms with van der Waals surface area (Å²) < 4.78 is 66.2. The minimum Gasteiger partial charge on any atom is -0.309 e. The van der Waals surface area contributed by atoms with Crippen LogP contribution in [0.3, 0.4) is 0 Å². The molecule has 0 atom stereocenters. The van der Waals surface area contributed by atoms with Crippen LogP contribution in [-0.2, 0) is 14.6 Å². The lowest BCUT2D eigenvalue weighted by atomic mass is 10.3. The first-order valence-corrected chi connectivity index (χ1v) is 11.7. The number of aromatic nitrogens is 1. The fourth-order valence-corrected chi connectivity index (χ4v) is 5.15. The first kappa shape index (κ1) is 23.2. The standard InChI is InChI=1S/C20H20F3N3O3S2/c1-25(2)8-3-9-26(20-24-19-16(23)10-14(22)11-17(19)30-20)18(27)12-31(28,29)15-6-4-13(21)5-7-15/h4-7,10-11H,3,8-9,12H2,1-2H3. The number of amides is 1. The summed E-state index contributed by atoms with van der Waals surface area (Å²) in [5.74, 6) is -3.86. The number of nitrogens with zero attached hydrogens (tertiary/aromatic N) is 3. The molecular formula is C20H20F3N3O3S2. The Hall–Kier alpha value is -2.50. The van der Waals surface area contributed by atoms with Gasteiger partial charge in [-0.25, -0.2) is 26.6 Å². The van der Waals surface area contributed by atoms with E-state index in [1.165, 1.54) is 4.90 Å². The smallest absolute Gasteiger partial charge is 0.244 e. The topological polar surface area (TPSA) is 70.6 Å². The van der Waals surface area contributed by atoms with E-state index in [0.29, 0.717) is 19.0 Å². The molecule has 11 heteroatoms. The van der Waals surface area contributed by atoms with Crippen LogP contribution in [0.25, 0.3) is 10.2 Å². The SMILES string of the molecule is CN(C)CCCN(C(=O)CS(=O)(=O)c1ccc(F)cc1)c1nc2c(F)cc(F)cc2s1. The maximum absolute atomic E-state index is 14.1. The molecule has 0 spiro atoms. The lowest BCUT2D eigenvalue weighted by molar-refractivity contribution is -0.116. The highest BCUT2D eigenvalue weighted by Gasteiger charge is 2.27. The highest BCUT2D eigenvalue weighted by Crippen LogP contribution is 2.31. The Morgan fingerprint density at radius 3 is 2.35 bits per heavy atom. The lowest BCUT2D eigenvalue weighted by Crippen LogP contribution is -2.37. The molecule has 1 aromatic heterocycles. The van der Waals surface area contributed by atoms with E-state index in [2.05, 4.69) is 4.98 Å². The number of sulfone groups is 1. The van der Waals surface area contributed by atoms with E-state index in [4.69, 9.17) is 0 Å². The van der Waals surface area contributed by atoms with Crippen LogP contribution in [0, 0.1) is 17.5 Å². The van der Waals surface area contributed by atoms with E-state index in [0.717, 1.165) is 41.7 Å². The summed E-state index contributed by atoms with van der Waals surface area (Å²) in [4.78, 5) is 20.0. The van der Waals surface area contributed by atoms with Gasteiger partial charge in [0, 0.05) is 12.6 Å². The van der Waals surface area contributed by atoms with E-state index in [-0.39, 0.29) is 26.8 Å². The van der Waals surface area contributed by atoms with Crippen molar-refractivity contribution in [2.75, 3.05) is 37.8 Å². The molecule has 0 aliphatic rings. The van der Waals surface area contributed by atoms with Gasteiger partial charge in [0.05, 0.1) is 9.60 Å². The van der Waals surface area contributed by atoms with Gasteiger partial charge in [-0.2, -0.15) is 0 Å². The fourth-order valence-electron chi connectivity index (χ4n) is 2.90. The van der Waals surface area contributed by atoms with E-state index in [9.17, 15) is 26.4 Å². The molecule has 3 rings (SSSR count). The third-order valence-electron chi connectivity index (χ3n) is 4.41. The van der Waals surface area contributed by atoms with Gasteiger partial charge >= 0.3 is 0 Å². The zero-order valence-electron chi connectivity index (χ0n) is 16.8. The molecule has 0 bridgehead atoms. The van der Waals surface area contributed by atoms with Crippen molar-refractivity contribution in [3.63, 3.8) is 0 Å². The van der Waals surface area contributed by atoms with Crippen LogP contribution in [0.1, 0.15) is 6.42 Å². The lowest BCUT2D eigenvalue weighted by Gasteiger charge is -2.21. The molecule has 0 fully saturated rings. The van der Waals surface area contributed by atoms with Crippen LogP contribution in [-0.4, -0.2) is 57.1 Å². The van der Waals surface area contributed by atoms with Crippen molar-refractivity contribution < 1.29 is 26.4 Å². The Kier molecular flexibility index (Phi) is 6.97. The molecule has 3 aromatic rings. The van der Waals surface area contributed by atoms with Crippen molar-refractivity contribution in [1.82, 2.24) is 9.88 Å². The van der Waals surface area contributed by atoms with Gasteiger partial charge in [0.25, 0.3) is 0 Å². The summed E-state index contributed by atoms with van der Waals surface area (Å²) >= 11 is 0.901. The largest absolute Gasteiger partial charge is 0.309 e. The van der Waals surface area contributed by atoms with E-state index < -0.39 is 38.9 Å². The number of carbonyl (C=O) groups excluding carboxylic acids is 1. The molecule has 0 unspecified atom stereocenters. The summed E-state index contributed by atoms with van der Waals surface area (Å²) in [7, 11) is -0.345. The highest BCUT2D eigenvalue weighted by molar-refractivity contribution is 7.92. The van der Waals surface area contributed by atoms with E-state index in [1.54, 1.807) is 0 Å². The predicted octanol–water partition coefficient (Wildman–Crippen LogP) is 3.47. The van der Waals surface area contributed by atoms with Crippen LogP contribution >= 0.6 is 11.3 Å². The van der Waals surface area contributed by atoms with Gasteiger partial charge in [0.2, 0.25) is 5.91 Å². The zero-order chi connectivity index (χ0) is 22.8. The van der Waals surface area contributed by atoms with Crippen molar-refractivity contribution in [2.24, 2.45) is 0 Å². The number of thiazole rings is 1. The van der Waals surface area contributed by atoms with Crippen LogP contribution in [0.2, 0.25) is 0 Å². The fraction of sp³-hybridized carbons (Fsp3) is 0.300. The van der Waals surface area contributed by atoms with E-state index in [1.807, 2.05) is 19.0 Å². The van der Waals surface area contributed by atoms with Crippen molar-refractivity contribution >= 4 is 42.4 Å². The molecule has 1 heterocycles. The summed E-state index contributed by atoms with van der Waals surface area (Å²) in [6.07, 6.45) is 0.502. The second kappa shape index (κ2) is 9.33. The number of carbonyl (C=O) groups is 1. The van der Waals surface area contributed by atoms with Crippen LogP contribution in [0.15, 0.2) is 41.3 Å². The normalized spacial score (nSPS) is 11.9. The third-order valence-corrected chi connectivity index (χ3v) is 7.05. The molecular weight excluding hydrogens is 451 g/mol. The minimum absolute atomic E-state index is 0.0811. The van der Waals surface area contributed by atoms with Gasteiger partial charge in [-0.1, -0.05) is 11.3 Å². The second-order valence-electron chi connectivity index (χ2n) is 7.15. The molecule has 0 N–H and O–H groups in total. The first-order valence-electron chi connectivity index (χ1n) is 9.26. The first-order chi connectivity index (χ1) is 14.6. The number of anilines is 1. The number of hydrogen-bond acceptors (Lipinski definition) is 6. The predicted molar refractivity (Wildman–Crippen MR) is 114 cm³/mol. The van der Waals surface area contributed by atoms with Gasteiger partial charge in [-0.15, -0.1) is 0 Å². The molecule has 0 radical (unpaired) electrons. The molecule has 6 nitrogen and oxygen atoms in total. The minimum atomic E-state index is -4.04. The highest BCUT2D eigenvalue weighted by atomic mass is 32.2. The average molecular weight is 472 g/mol.